The first kappa shape index (κ1) is 10.8. The van der Waals surface area contributed by atoms with Crippen molar-refractivity contribution in [2.45, 2.75) is 26.2 Å². The van der Waals surface area contributed by atoms with Crippen LogP contribution >= 0.6 is 0 Å². The van der Waals surface area contributed by atoms with Crippen LogP contribution in [0.25, 0.3) is 0 Å². The van der Waals surface area contributed by atoms with Gasteiger partial charge in [-0.05, 0) is 31.4 Å². The molecule has 0 aliphatic heterocycles. The van der Waals surface area contributed by atoms with Gasteiger partial charge in [-0.25, -0.2) is 0 Å². The van der Waals surface area contributed by atoms with Crippen molar-refractivity contribution in [2.24, 2.45) is 0 Å². The number of rotatable bonds is 5. The van der Waals surface area contributed by atoms with Crippen LogP contribution < -0.4 is 4.74 Å². The van der Waals surface area contributed by atoms with Crippen molar-refractivity contribution in [1.29, 1.82) is 0 Å². The zero-order valence-corrected chi connectivity index (χ0v) is 8.75. The summed E-state index contributed by atoms with van der Waals surface area (Å²) in [4.78, 5) is 10.8. The molecule has 1 aromatic carbocycles. The molecule has 2 nitrogen and oxygen atoms in total. The molecule has 0 N–H and O–H groups in total. The number of hydrogen-bond donors (Lipinski definition) is 0. The van der Waals surface area contributed by atoms with E-state index in [1.807, 2.05) is 24.3 Å². The predicted molar refractivity (Wildman–Crippen MR) is 56.6 cm³/mol. The van der Waals surface area contributed by atoms with Gasteiger partial charge in [0.05, 0.1) is 7.11 Å². The van der Waals surface area contributed by atoms with E-state index >= 15 is 0 Å². The van der Waals surface area contributed by atoms with Crippen molar-refractivity contribution in [3.63, 3.8) is 0 Å². The van der Waals surface area contributed by atoms with E-state index < -0.39 is 0 Å². The average Bonchev–Trinajstić information content (AvgIpc) is 2.18. The van der Waals surface area contributed by atoms with Crippen molar-refractivity contribution in [3.8, 4) is 5.75 Å². The highest BCUT2D eigenvalue weighted by Gasteiger charge is 2.01. The molecule has 0 heterocycles. The van der Waals surface area contributed by atoms with Crippen molar-refractivity contribution in [3.05, 3.63) is 29.8 Å². The number of methoxy groups -OCH3 is 1. The van der Waals surface area contributed by atoms with E-state index in [4.69, 9.17) is 4.74 Å². The number of hydrogen-bond acceptors (Lipinski definition) is 2. The number of ketones is 1. The monoisotopic (exact) mass is 192 g/mol. The van der Waals surface area contributed by atoms with Crippen molar-refractivity contribution < 1.29 is 9.53 Å². The molecule has 0 atom stereocenters. The van der Waals surface area contributed by atoms with Gasteiger partial charge in [0.25, 0.3) is 0 Å². The number of carbonyl (C=O) groups is 1. The number of ether oxygens (including phenoxy) is 1. The van der Waals surface area contributed by atoms with Crippen molar-refractivity contribution in [1.82, 2.24) is 0 Å². The third-order valence-corrected chi connectivity index (χ3v) is 2.17. The number of para-hydroxylation sites is 1. The fourth-order valence-corrected chi connectivity index (χ4v) is 1.44. The first-order valence-electron chi connectivity index (χ1n) is 4.85. The topological polar surface area (TPSA) is 26.3 Å². The zero-order chi connectivity index (χ0) is 10.4. The van der Waals surface area contributed by atoms with E-state index in [0.29, 0.717) is 6.42 Å². The van der Waals surface area contributed by atoms with Gasteiger partial charge in [0, 0.05) is 6.42 Å². The van der Waals surface area contributed by atoms with Crippen molar-refractivity contribution in [2.75, 3.05) is 7.11 Å². The molecule has 0 bridgehead atoms. The molecule has 0 spiro atoms. The summed E-state index contributed by atoms with van der Waals surface area (Å²) in [6.45, 7) is 1.63. The molecular weight excluding hydrogens is 176 g/mol. The van der Waals surface area contributed by atoms with Crippen LogP contribution in [0.4, 0.5) is 0 Å². The van der Waals surface area contributed by atoms with Crippen LogP contribution in [-0.4, -0.2) is 12.9 Å². The maximum atomic E-state index is 10.8. The third kappa shape index (κ3) is 3.21. The Morgan fingerprint density at radius 1 is 1.36 bits per heavy atom. The minimum atomic E-state index is 0.250. The van der Waals surface area contributed by atoms with Gasteiger partial charge in [0.1, 0.15) is 11.5 Å². The minimum Gasteiger partial charge on any atom is -0.496 e. The van der Waals surface area contributed by atoms with Gasteiger partial charge in [0.2, 0.25) is 0 Å². The Balaban J connectivity index is 2.53. The lowest BCUT2D eigenvalue weighted by Gasteiger charge is -2.06. The summed E-state index contributed by atoms with van der Waals surface area (Å²) in [5, 5.41) is 0. The van der Waals surface area contributed by atoms with Gasteiger partial charge in [-0.1, -0.05) is 18.2 Å². The third-order valence-electron chi connectivity index (χ3n) is 2.17. The van der Waals surface area contributed by atoms with Crippen LogP contribution in [0.15, 0.2) is 24.3 Å². The standard InChI is InChI=1S/C12H16O2/c1-10(13)6-5-8-11-7-3-4-9-12(11)14-2/h3-4,7,9H,5-6,8H2,1-2H3. The maximum absolute atomic E-state index is 10.8. The van der Waals surface area contributed by atoms with Gasteiger partial charge in [-0.2, -0.15) is 0 Å². The quantitative estimate of drug-likeness (QED) is 0.716. The molecule has 0 aromatic heterocycles. The molecule has 0 unspecified atom stereocenters. The summed E-state index contributed by atoms with van der Waals surface area (Å²) in [6, 6.07) is 7.93. The minimum absolute atomic E-state index is 0.250. The van der Waals surface area contributed by atoms with Crippen LogP contribution in [0, 0.1) is 0 Å². The van der Waals surface area contributed by atoms with E-state index in [9.17, 15) is 4.79 Å². The van der Waals surface area contributed by atoms with E-state index in [1.54, 1.807) is 14.0 Å². The molecule has 1 rings (SSSR count). The summed E-state index contributed by atoms with van der Waals surface area (Å²) in [7, 11) is 1.67. The highest BCUT2D eigenvalue weighted by molar-refractivity contribution is 5.75. The molecule has 0 saturated heterocycles. The number of Topliss-reactive ketones (excluding diaryl/α,β-unsaturated/α-hetero) is 1. The molecule has 2 heteroatoms. The fourth-order valence-electron chi connectivity index (χ4n) is 1.44. The van der Waals surface area contributed by atoms with Crippen LogP contribution in [-0.2, 0) is 11.2 Å². The first-order valence-corrected chi connectivity index (χ1v) is 4.85. The lowest BCUT2D eigenvalue weighted by Crippen LogP contribution is -1.95. The molecule has 76 valence electrons. The number of carbonyl (C=O) groups excluding carboxylic acids is 1. The van der Waals surface area contributed by atoms with E-state index in [-0.39, 0.29) is 5.78 Å². The van der Waals surface area contributed by atoms with Gasteiger partial charge in [-0.3, -0.25) is 0 Å². The zero-order valence-electron chi connectivity index (χ0n) is 8.75. The van der Waals surface area contributed by atoms with Crippen LogP contribution in [0.3, 0.4) is 0 Å². The molecule has 1 aromatic rings. The van der Waals surface area contributed by atoms with Crippen LogP contribution in [0.5, 0.6) is 5.75 Å². The maximum Gasteiger partial charge on any atom is 0.129 e. The van der Waals surface area contributed by atoms with Crippen molar-refractivity contribution >= 4 is 5.78 Å². The molecule has 0 aliphatic carbocycles. The summed E-state index contributed by atoms with van der Waals surface area (Å²) >= 11 is 0. The van der Waals surface area contributed by atoms with E-state index in [1.165, 1.54) is 5.56 Å². The second-order valence-electron chi connectivity index (χ2n) is 3.37. The van der Waals surface area contributed by atoms with E-state index in [2.05, 4.69) is 0 Å². The molecular formula is C12H16O2. The van der Waals surface area contributed by atoms with Gasteiger partial charge in [0.15, 0.2) is 0 Å². The average molecular weight is 192 g/mol. The molecule has 0 amide bonds. The second kappa shape index (κ2) is 5.43. The molecule has 0 aliphatic rings. The second-order valence-corrected chi connectivity index (χ2v) is 3.37. The Morgan fingerprint density at radius 3 is 2.71 bits per heavy atom. The Labute approximate surface area is 84.9 Å². The largest absolute Gasteiger partial charge is 0.496 e. The Hall–Kier alpha value is -1.31. The van der Waals surface area contributed by atoms with Gasteiger partial charge >= 0.3 is 0 Å². The summed E-state index contributed by atoms with van der Waals surface area (Å²) in [6.07, 6.45) is 2.46. The van der Waals surface area contributed by atoms with Gasteiger partial charge < -0.3 is 9.53 Å². The summed E-state index contributed by atoms with van der Waals surface area (Å²) < 4.78 is 5.22. The Morgan fingerprint density at radius 2 is 2.07 bits per heavy atom. The highest BCUT2D eigenvalue weighted by Crippen LogP contribution is 2.19. The Kier molecular flexibility index (Phi) is 4.17. The predicted octanol–water partition coefficient (Wildman–Crippen LogP) is 2.61. The normalized spacial score (nSPS) is 9.86. The molecule has 0 radical (unpaired) electrons. The lowest BCUT2D eigenvalue weighted by atomic mass is 10.1. The number of aryl methyl sites for hydroxylation is 1. The molecule has 0 fully saturated rings. The lowest BCUT2D eigenvalue weighted by molar-refractivity contribution is -0.117. The van der Waals surface area contributed by atoms with Crippen LogP contribution in [0.1, 0.15) is 25.3 Å². The highest BCUT2D eigenvalue weighted by atomic mass is 16.5. The van der Waals surface area contributed by atoms with E-state index in [0.717, 1.165) is 18.6 Å². The first-order chi connectivity index (χ1) is 6.74. The van der Waals surface area contributed by atoms with Crippen LogP contribution in [0.2, 0.25) is 0 Å². The fraction of sp³-hybridized carbons (Fsp3) is 0.417. The number of benzene rings is 1. The van der Waals surface area contributed by atoms with Gasteiger partial charge in [-0.15, -0.1) is 0 Å². The molecule has 14 heavy (non-hydrogen) atoms. The molecule has 0 saturated carbocycles. The smallest absolute Gasteiger partial charge is 0.129 e. The summed E-state index contributed by atoms with van der Waals surface area (Å²) in [5.74, 6) is 1.16. The summed E-state index contributed by atoms with van der Waals surface area (Å²) in [5.41, 5.74) is 1.18. The Bertz CT molecular complexity index is 305. The SMILES string of the molecule is COc1ccccc1CCCC(C)=O.